The summed E-state index contributed by atoms with van der Waals surface area (Å²) in [6, 6.07) is 5.63. The van der Waals surface area contributed by atoms with Gasteiger partial charge in [0.1, 0.15) is 0 Å². The highest BCUT2D eigenvalue weighted by Crippen LogP contribution is 2.23. The highest BCUT2D eigenvalue weighted by Gasteiger charge is 2.15. The molecule has 1 saturated carbocycles. The van der Waals surface area contributed by atoms with Crippen LogP contribution in [0.1, 0.15) is 31.2 Å². The molecule has 1 aliphatic carbocycles. The summed E-state index contributed by atoms with van der Waals surface area (Å²) in [5, 5.41) is 4.00. The predicted molar refractivity (Wildman–Crippen MR) is 75.9 cm³/mol. The normalized spacial score (nSPS) is 16.3. The second kappa shape index (κ2) is 6.26. The number of hydrogen-bond donors (Lipinski definition) is 1. The average Bonchev–Trinajstić information content (AvgIpc) is 2.83. The third kappa shape index (κ3) is 3.76. The van der Waals surface area contributed by atoms with Gasteiger partial charge in [0, 0.05) is 12.1 Å². The van der Waals surface area contributed by atoms with Gasteiger partial charge in [0.2, 0.25) is 5.91 Å². The molecule has 1 N–H and O–H groups in total. The number of rotatable bonds is 3. The summed E-state index contributed by atoms with van der Waals surface area (Å²) in [5.74, 6) is -0.0482. The van der Waals surface area contributed by atoms with Crippen LogP contribution >= 0.6 is 23.2 Å². The van der Waals surface area contributed by atoms with Gasteiger partial charge in [0.25, 0.3) is 0 Å². The molecule has 0 radical (unpaired) electrons. The van der Waals surface area contributed by atoms with E-state index in [9.17, 15) is 4.79 Å². The van der Waals surface area contributed by atoms with Crippen molar-refractivity contribution in [2.75, 3.05) is 0 Å². The molecule has 0 aliphatic heterocycles. The number of amides is 1. The minimum absolute atomic E-state index is 0.0482. The van der Waals surface area contributed by atoms with Gasteiger partial charge in [-0.2, -0.15) is 0 Å². The molecule has 0 spiro atoms. The molecule has 18 heavy (non-hydrogen) atoms. The van der Waals surface area contributed by atoms with Gasteiger partial charge < -0.3 is 5.32 Å². The van der Waals surface area contributed by atoms with Crippen LogP contribution in [0.3, 0.4) is 0 Å². The maximum atomic E-state index is 11.7. The highest BCUT2D eigenvalue weighted by molar-refractivity contribution is 6.42. The molecular formula is C14H15Cl2NO. The van der Waals surface area contributed by atoms with Crippen molar-refractivity contribution in [2.24, 2.45) is 0 Å². The molecule has 96 valence electrons. The standard InChI is InChI=1S/C14H15Cl2NO/c15-12-7-5-10(9-13(12)16)6-8-14(18)17-11-3-1-2-4-11/h5-9,11H,1-4H2,(H,17,18)/b8-6+. The molecule has 2 nitrogen and oxygen atoms in total. The first-order valence-corrected chi connectivity index (χ1v) is 6.84. The van der Waals surface area contributed by atoms with Crippen LogP contribution in [0.15, 0.2) is 24.3 Å². The first kappa shape index (κ1) is 13.4. The highest BCUT2D eigenvalue weighted by atomic mass is 35.5. The number of halogens is 2. The third-order valence-corrected chi connectivity index (χ3v) is 3.81. The van der Waals surface area contributed by atoms with Crippen LogP contribution in [-0.4, -0.2) is 11.9 Å². The summed E-state index contributed by atoms with van der Waals surface area (Å²) < 4.78 is 0. The van der Waals surface area contributed by atoms with Crippen LogP contribution in [0.4, 0.5) is 0 Å². The van der Waals surface area contributed by atoms with E-state index in [0.29, 0.717) is 16.1 Å². The van der Waals surface area contributed by atoms with Crippen molar-refractivity contribution in [3.63, 3.8) is 0 Å². The first-order valence-electron chi connectivity index (χ1n) is 6.09. The van der Waals surface area contributed by atoms with Gasteiger partial charge in [-0.25, -0.2) is 0 Å². The fourth-order valence-corrected chi connectivity index (χ4v) is 2.41. The molecule has 1 aliphatic rings. The van der Waals surface area contributed by atoms with Gasteiger partial charge in [-0.05, 0) is 36.6 Å². The van der Waals surface area contributed by atoms with E-state index in [-0.39, 0.29) is 5.91 Å². The predicted octanol–water partition coefficient (Wildman–Crippen LogP) is 4.07. The summed E-state index contributed by atoms with van der Waals surface area (Å²) in [6.07, 6.45) is 7.88. The molecule has 0 heterocycles. The maximum Gasteiger partial charge on any atom is 0.244 e. The molecule has 0 bridgehead atoms. The molecular weight excluding hydrogens is 269 g/mol. The Hall–Kier alpha value is -0.990. The summed E-state index contributed by atoms with van der Waals surface area (Å²) in [6.45, 7) is 0. The largest absolute Gasteiger partial charge is 0.350 e. The number of carbonyl (C=O) groups is 1. The molecule has 0 unspecified atom stereocenters. The van der Waals surface area contributed by atoms with Gasteiger partial charge in [0.05, 0.1) is 10.0 Å². The molecule has 1 aromatic carbocycles. The third-order valence-electron chi connectivity index (χ3n) is 3.07. The summed E-state index contributed by atoms with van der Waals surface area (Å²) in [7, 11) is 0. The van der Waals surface area contributed by atoms with Gasteiger partial charge in [-0.15, -0.1) is 0 Å². The van der Waals surface area contributed by atoms with Crippen LogP contribution in [0.2, 0.25) is 10.0 Å². The zero-order chi connectivity index (χ0) is 13.0. The van der Waals surface area contributed by atoms with E-state index in [1.807, 2.05) is 6.07 Å². The van der Waals surface area contributed by atoms with Crippen molar-refractivity contribution < 1.29 is 4.79 Å². The lowest BCUT2D eigenvalue weighted by Gasteiger charge is -2.09. The van der Waals surface area contributed by atoms with Gasteiger partial charge in [-0.3, -0.25) is 4.79 Å². The Labute approximate surface area is 117 Å². The lowest BCUT2D eigenvalue weighted by Crippen LogP contribution is -2.30. The second-order valence-corrected chi connectivity index (χ2v) is 5.31. The molecule has 1 aromatic rings. The average molecular weight is 284 g/mol. The summed E-state index contributed by atoms with van der Waals surface area (Å²) in [5.41, 5.74) is 0.867. The minimum atomic E-state index is -0.0482. The number of hydrogen-bond acceptors (Lipinski definition) is 1. The Balaban J connectivity index is 1.92. The minimum Gasteiger partial charge on any atom is -0.350 e. The van der Waals surface area contributed by atoms with Gasteiger partial charge in [-0.1, -0.05) is 42.1 Å². The zero-order valence-corrected chi connectivity index (χ0v) is 11.5. The Morgan fingerprint density at radius 2 is 1.94 bits per heavy atom. The van der Waals surface area contributed by atoms with E-state index in [4.69, 9.17) is 23.2 Å². The van der Waals surface area contributed by atoms with Crippen LogP contribution < -0.4 is 5.32 Å². The van der Waals surface area contributed by atoms with E-state index < -0.39 is 0 Å². The molecule has 1 amide bonds. The van der Waals surface area contributed by atoms with Crippen LogP contribution in [0.5, 0.6) is 0 Å². The Bertz CT molecular complexity index is 465. The first-order chi connectivity index (χ1) is 8.65. The number of nitrogens with one attached hydrogen (secondary N) is 1. The van der Waals surface area contributed by atoms with E-state index >= 15 is 0 Å². The van der Waals surface area contributed by atoms with E-state index in [2.05, 4.69) is 5.32 Å². The van der Waals surface area contributed by atoms with Crippen LogP contribution in [0, 0.1) is 0 Å². The SMILES string of the molecule is O=C(/C=C/c1ccc(Cl)c(Cl)c1)NC1CCCC1. The summed E-state index contributed by atoms with van der Waals surface area (Å²) >= 11 is 11.7. The van der Waals surface area contributed by atoms with Crippen LogP contribution in [-0.2, 0) is 4.79 Å². The maximum absolute atomic E-state index is 11.7. The monoisotopic (exact) mass is 283 g/mol. The molecule has 4 heteroatoms. The summed E-state index contributed by atoms with van der Waals surface area (Å²) in [4.78, 5) is 11.7. The van der Waals surface area contributed by atoms with E-state index in [0.717, 1.165) is 18.4 Å². The van der Waals surface area contributed by atoms with Gasteiger partial charge >= 0.3 is 0 Å². The number of carbonyl (C=O) groups excluding carboxylic acids is 1. The van der Waals surface area contributed by atoms with Gasteiger partial charge in [0.15, 0.2) is 0 Å². The van der Waals surface area contributed by atoms with Crippen molar-refractivity contribution in [1.29, 1.82) is 0 Å². The Morgan fingerprint density at radius 3 is 2.61 bits per heavy atom. The lowest BCUT2D eigenvalue weighted by molar-refractivity contribution is -0.117. The Morgan fingerprint density at radius 1 is 1.22 bits per heavy atom. The van der Waals surface area contributed by atoms with Crippen molar-refractivity contribution in [3.8, 4) is 0 Å². The molecule has 0 saturated heterocycles. The molecule has 2 rings (SSSR count). The molecule has 1 fully saturated rings. The van der Waals surface area contributed by atoms with E-state index in [1.165, 1.54) is 18.9 Å². The Kier molecular flexibility index (Phi) is 4.67. The van der Waals surface area contributed by atoms with Crippen LogP contribution in [0.25, 0.3) is 6.08 Å². The molecule has 0 aromatic heterocycles. The fraction of sp³-hybridized carbons (Fsp3) is 0.357. The zero-order valence-electron chi connectivity index (χ0n) is 9.96. The lowest BCUT2D eigenvalue weighted by atomic mass is 10.2. The molecule has 0 atom stereocenters. The fourth-order valence-electron chi connectivity index (χ4n) is 2.11. The smallest absolute Gasteiger partial charge is 0.244 e. The van der Waals surface area contributed by atoms with Crippen molar-refractivity contribution in [2.45, 2.75) is 31.7 Å². The van der Waals surface area contributed by atoms with E-state index in [1.54, 1.807) is 18.2 Å². The topological polar surface area (TPSA) is 29.1 Å². The van der Waals surface area contributed by atoms with Crippen molar-refractivity contribution in [1.82, 2.24) is 5.32 Å². The van der Waals surface area contributed by atoms with Crippen molar-refractivity contribution >= 4 is 35.2 Å². The van der Waals surface area contributed by atoms with Crippen molar-refractivity contribution in [3.05, 3.63) is 39.9 Å². The second-order valence-electron chi connectivity index (χ2n) is 4.50. The quantitative estimate of drug-likeness (QED) is 0.833. The number of benzene rings is 1.